The summed E-state index contributed by atoms with van der Waals surface area (Å²) in [6, 6.07) is 0. The normalized spacial score (nSPS) is 36.5. The fraction of sp³-hybridized carbons (Fsp3) is 0.739. The maximum absolute atomic E-state index is 12.7. The summed E-state index contributed by atoms with van der Waals surface area (Å²) in [5.74, 6) is 2.36. The molecule has 4 rings (SSSR count). The molecular formula is C23H32O3. The molecule has 142 valence electrons. The van der Waals surface area contributed by atoms with Crippen molar-refractivity contribution in [3.63, 3.8) is 0 Å². The van der Waals surface area contributed by atoms with Crippen molar-refractivity contribution in [3.05, 3.63) is 22.8 Å². The van der Waals surface area contributed by atoms with Gasteiger partial charge in [-0.2, -0.15) is 0 Å². The second kappa shape index (κ2) is 7.07. The summed E-state index contributed by atoms with van der Waals surface area (Å²) >= 11 is 0. The van der Waals surface area contributed by atoms with Gasteiger partial charge in [-0.25, -0.2) is 0 Å². The number of aliphatic hydroxyl groups is 1. The molecular weight excluding hydrogens is 324 g/mol. The predicted molar refractivity (Wildman–Crippen MR) is 102 cm³/mol. The lowest BCUT2D eigenvalue weighted by Gasteiger charge is -2.50. The first-order valence-electron chi connectivity index (χ1n) is 10.7. The van der Waals surface area contributed by atoms with Crippen molar-refractivity contribution >= 4 is 11.6 Å². The minimum absolute atomic E-state index is 0.123. The molecule has 3 heteroatoms. The molecule has 2 saturated carbocycles. The lowest BCUT2D eigenvalue weighted by atomic mass is 9.53. The van der Waals surface area contributed by atoms with E-state index in [0.717, 1.165) is 64.2 Å². The van der Waals surface area contributed by atoms with E-state index in [0.29, 0.717) is 35.7 Å². The topological polar surface area (TPSA) is 54.4 Å². The third-order valence-corrected chi connectivity index (χ3v) is 7.76. The number of hydrogen-bond donors (Lipinski definition) is 1. The molecule has 0 aliphatic heterocycles. The number of carbonyl (C=O) groups is 2. The molecule has 0 radical (unpaired) electrons. The van der Waals surface area contributed by atoms with Crippen LogP contribution in [0.15, 0.2) is 22.8 Å². The Morgan fingerprint density at radius 2 is 1.92 bits per heavy atom. The van der Waals surface area contributed by atoms with Gasteiger partial charge in [0, 0.05) is 24.9 Å². The third kappa shape index (κ3) is 2.93. The summed E-state index contributed by atoms with van der Waals surface area (Å²) in [7, 11) is 0. The molecule has 3 nitrogen and oxygen atoms in total. The number of fused-ring (bicyclic) bond motifs is 4. The van der Waals surface area contributed by atoms with E-state index in [1.54, 1.807) is 5.57 Å². The number of carbonyl (C=O) groups excluding carboxylic acids is 2. The van der Waals surface area contributed by atoms with E-state index >= 15 is 0 Å². The molecule has 4 atom stereocenters. The molecule has 0 spiro atoms. The van der Waals surface area contributed by atoms with Crippen molar-refractivity contribution in [1.29, 1.82) is 0 Å². The van der Waals surface area contributed by atoms with Crippen LogP contribution in [-0.2, 0) is 9.59 Å². The van der Waals surface area contributed by atoms with E-state index in [4.69, 9.17) is 5.11 Å². The van der Waals surface area contributed by atoms with Crippen molar-refractivity contribution in [1.82, 2.24) is 0 Å². The first-order valence-corrected chi connectivity index (χ1v) is 10.7. The molecule has 0 aromatic heterocycles. The average Bonchev–Trinajstić information content (AvgIpc) is 2.93. The first kappa shape index (κ1) is 18.2. The molecule has 0 saturated heterocycles. The van der Waals surface area contributed by atoms with Crippen LogP contribution in [0.2, 0.25) is 0 Å². The summed E-state index contributed by atoms with van der Waals surface area (Å²) in [6.45, 7) is 2.51. The third-order valence-electron chi connectivity index (χ3n) is 7.76. The van der Waals surface area contributed by atoms with Crippen LogP contribution in [0.1, 0.15) is 77.6 Å². The standard InChI is InChI=1S/C23H32O3/c1-23-14-16(5-3-2-4-12-24)22-18-9-7-17(25)13-15(18)6-8-19(22)20(23)10-11-21(23)26/h13,16,19-20,24H,2-12,14H2,1H3/t16-,19-,20-,23-/m0/s1. The fourth-order valence-corrected chi connectivity index (χ4v) is 6.54. The summed E-state index contributed by atoms with van der Waals surface area (Å²) in [4.78, 5) is 24.7. The average molecular weight is 357 g/mol. The maximum Gasteiger partial charge on any atom is 0.156 e. The van der Waals surface area contributed by atoms with Gasteiger partial charge in [0.2, 0.25) is 0 Å². The van der Waals surface area contributed by atoms with Crippen molar-refractivity contribution < 1.29 is 14.7 Å². The van der Waals surface area contributed by atoms with Gasteiger partial charge in [-0.15, -0.1) is 0 Å². The molecule has 0 aromatic rings. The van der Waals surface area contributed by atoms with Gasteiger partial charge < -0.3 is 5.11 Å². The van der Waals surface area contributed by atoms with Crippen LogP contribution in [0.4, 0.5) is 0 Å². The monoisotopic (exact) mass is 356 g/mol. The van der Waals surface area contributed by atoms with Crippen LogP contribution in [-0.4, -0.2) is 23.3 Å². The van der Waals surface area contributed by atoms with Crippen molar-refractivity contribution in [2.24, 2.45) is 23.2 Å². The van der Waals surface area contributed by atoms with E-state index in [1.807, 2.05) is 6.08 Å². The Balaban J connectivity index is 1.69. The number of aliphatic hydroxyl groups excluding tert-OH is 1. The molecule has 4 aliphatic carbocycles. The zero-order valence-electron chi connectivity index (χ0n) is 16.1. The zero-order valence-corrected chi connectivity index (χ0v) is 16.1. The van der Waals surface area contributed by atoms with E-state index in [1.165, 1.54) is 11.1 Å². The fourth-order valence-electron chi connectivity index (χ4n) is 6.54. The molecule has 1 N–H and O–H groups in total. The largest absolute Gasteiger partial charge is 0.396 e. The van der Waals surface area contributed by atoms with E-state index in [9.17, 15) is 9.59 Å². The summed E-state index contributed by atoms with van der Waals surface area (Å²) in [6.07, 6.45) is 12.7. The van der Waals surface area contributed by atoms with Gasteiger partial charge in [-0.3, -0.25) is 9.59 Å². The number of ketones is 2. The van der Waals surface area contributed by atoms with Gasteiger partial charge in [0.25, 0.3) is 0 Å². The van der Waals surface area contributed by atoms with Crippen molar-refractivity contribution in [2.75, 3.05) is 6.61 Å². The zero-order chi connectivity index (χ0) is 18.3. The number of rotatable bonds is 5. The highest BCUT2D eigenvalue weighted by Crippen LogP contribution is 2.61. The lowest BCUT2D eigenvalue weighted by molar-refractivity contribution is -0.129. The molecule has 0 amide bonds. The number of allylic oxidation sites excluding steroid dienone is 4. The van der Waals surface area contributed by atoms with Gasteiger partial charge in [0.15, 0.2) is 5.78 Å². The summed E-state index contributed by atoms with van der Waals surface area (Å²) in [5.41, 5.74) is 4.31. The van der Waals surface area contributed by atoms with Gasteiger partial charge in [0.1, 0.15) is 5.78 Å². The molecule has 0 bridgehead atoms. The summed E-state index contributed by atoms with van der Waals surface area (Å²) < 4.78 is 0. The highest BCUT2D eigenvalue weighted by atomic mass is 16.2. The Kier molecular flexibility index (Phi) is 4.94. The van der Waals surface area contributed by atoms with Gasteiger partial charge in [-0.05, 0) is 79.9 Å². The smallest absolute Gasteiger partial charge is 0.156 e. The minimum Gasteiger partial charge on any atom is -0.396 e. The van der Waals surface area contributed by atoms with Crippen LogP contribution in [0, 0.1) is 23.2 Å². The van der Waals surface area contributed by atoms with Gasteiger partial charge >= 0.3 is 0 Å². The maximum atomic E-state index is 12.7. The van der Waals surface area contributed by atoms with E-state index in [-0.39, 0.29) is 12.0 Å². The van der Waals surface area contributed by atoms with E-state index < -0.39 is 0 Å². The van der Waals surface area contributed by atoms with Crippen LogP contribution >= 0.6 is 0 Å². The molecule has 0 heterocycles. The summed E-state index contributed by atoms with van der Waals surface area (Å²) in [5, 5.41) is 9.08. The molecule has 2 fully saturated rings. The van der Waals surface area contributed by atoms with Crippen LogP contribution < -0.4 is 0 Å². The van der Waals surface area contributed by atoms with Crippen LogP contribution in [0.5, 0.6) is 0 Å². The number of hydrogen-bond acceptors (Lipinski definition) is 3. The Morgan fingerprint density at radius 1 is 1.08 bits per heavy atom. The number of unbranched alkanes of at least 4 members (excludes halogenated alkanes) is 2. The van der Waals surface area contributed by atoms with Crippen molar-refractivity contribution in [3.8, 4) is 0 Å². The highest BCUT2D eigenvalue weighted by molar-refractivity contribution is 5.93. The Morgan fingerprint density at radius 3 is 2.73 bits per heavy atom. The van der Waals surface area contributed by atoms with Gasteiger partial charge in [-0.1, -0.05) is 25.3 Å². The van der Waals surface area contributed by atoms with Crippen molar-refractivity contribution in [2.45, 2.75) is 77.6 Å². The SMILES string of the molecule is C[C@]12C[C@H](CCCCCO)C3=C4CCC(=O)C=C4CC[C@H]3[C@@H]1CCC2=O. The number of Topliss-reactive ketones (excluding diaryl/α,β-unsaturated/α-hetero) is 1. The highest BCUT2D eigenvalue weighted by Gasteiger charge is 2.55. The quantitative estimate of drug-likeness (QED) is 0.736. The Hall–Kier alpha value is -1.22. The van der Waals surface area contributed by atoms with E-state index in [2.05, 4.69) is 6.92 Å². The lowest BCUT2D eigenvalue weighted by Crippen LogP contribution is -2.44. The van der Waals surface area contributed by atoms with Gasteiger partial charge in [0.05, 0.1) is 0 Å². The predicted octanol–water partition coefficient (Wildman–Crippen LogP) is 4.54. The second-order valence-electron chi connectivity index (χ2n) is 9.17. The molecule has 0 aromatic carbocycles. The molecule has 26 heavy (non-hydrogen) atoms. The van der Waals surface area contributed by atoms with Crippen LogP contribution in [0.3, 0.4) is 0 Å². The molecule has 0 unspecified atom stereocenters. The molecule has 4 aliphatic rings. The Bertz CT molecular complexity index is 671. The Labute approximate surface area is 156 Å². The minimum atomic E-state index is -0.123. The second-order valence-corrected chi connectivity index (χ2v) is 9.17. The first-order chi connectivity index (χ1) is 12.5. The van der Waals surface area contributed by atoms with Crippen LogP contribution in [0.25, 0.3) is 0 Å².